The Morgan fingerprint density at radius 2 is 2.27 bits per heavy atom. The fourth-order valence-electron chi connectivity index (χ4n) is 1.78. The van der Waals surface area contributed by atoms with Crippen LogP contribution in [0.25, 0.3) is 0 Å². The van der Waals surface area contributed by atoms with Gasteiger partial charge in [0.25, 0.3) is 0 Å². The van der Waals surface area contributed by atoms with E-state index in [1.807, 2.05) is 12.3 Å². The molecule has 3 nitrogen and oxygen atoms in total. The molecule has 1 aromatic rings. The molecule has 15 heavy (non-hydrogen) atoms. The van der Waals surface area contributed by atoms with E-state index in [9.17, 15) is 0 Å². The monoisotopic (exact) mass is 208 g/mol. The van der Waals surface area contributed by atoms with Crippen LogP contribution in [0.1, 0.15) is 31.9 Å². The van der Waals surface area contributed by atoms with Crippen molar-refractivity contribution in [2.24, 2.45) is 0 Å². The molecule has 1 N–H and O–H groups in total. The average molecular weight is 208 g/mol. The number of hydrogen-bond donors (Lipinski definition) is 1. The Morgan fingerprint density at radius 3 is 2.73 bits per heavy atom. The highest BCUT2D eigenvalue weighted by Crippen LogP contribution is 2.20. The number of aromatic nitrogens is 1. The lowest BCUT2D eigenvalue weighted by atomic mass is 10.0. The molecule has 0 bridgehead atoms. The first-order valence-electron chi connectivity index (χ1n) is 5.49. The van der Waals surface area contributed by atoms with E-state index in [-0.39, 0.29) is 12.1 Å². The smallest absolute Gasteiger partial charge is 0.0763 e. The van der Waals surface area contributed by atoms with Crippen LogP contribution < -0.4 is 5.32 Å². The molecule has 1 rings (SSSR count). The normalized spacial score (nSPS) is 14.9. The van der Waals surface area contributed by atoms with Crippen LogP contribution in [0.4, 0.5) is 0 Å². The van der Waals surface area contributed by atoms with E-state index >= 15 is 0 Å². The quantitative estimate of drug-likeness (QED) is 0.778. The molecule has 84 valence electrons. The molecule has 0 fully saturated rings. The maximum atomic E-state index is 5.48. The van der Waals surface area contributed by atoms with E-state index < -0.39 is 0 Å². The maximum Gasteiger partial charge on any atom is 0.0763 e. The molecule has 0 amide bonds. The summed E-state index contributed by atoms with van der Waals surface area (Å²) in [5, 5.41) is 3.44. The van der Waals surface area contributed by atoms with Gasteiger partial charge >= 0.3 is 0 Å². The minimum atomic E-state index is 0.203. The fourth-order valence-corrected chi connectivity index (χ4v) is 1.78. The Kier molecular flexibility index (Phi) is 5.29. The average Bonchev–Trinajstić information content (AvgIpc) is 2.30. The molecular formula is C12H20N2O. The van der Waals surface area contributed by atoms with Gasteiger partial charge in [-0.1, -0.05) is 19.9 Å². The third-order valence-corrected chi connectivity index (χ3v) is 2.54. The zero-order valence-corrected chi connectivity index (χ0v) is 9.73. The van der Waals surface area contributed by atoms with Crippen molar-refractivity contribution in [3.05, 3.63) is 30.1 Å². The SMILES string of the molecule is CCNC(c1cccnc1)C(CC)OC. The highest BCUT2D eigenvalue weighted by Gasteiger charge is 2.20. The summed E-state index contributed by atoms with van der Waals surface area (Å²) in [6.07, 6.45) is 4.88. The Hall–Kier alpha value is -0.930. The van der Waals surface area contributed by atoms with Gasteiger partial charge in [0.05, 0.1) is 12.1 Å². The van der Waals surface area contributed by atoms with Gasteiger partial charge in [0.15, 0.2) is 0 Å². The van der Waals surface area contributed by atoms with Crippen molar-refractivity contribution in [2.45, 2.75) is 32.4 Å². The number of nitrogens with one attached hydrogen (secondary N) is 1. The Balaban J connectivity index is 2.81. The van der Waals surface area contributed by atoms with Gasteiger partial charge in [0, 0.05) is 19.5 Å². The van der Waals surface area contributed by atoms with Gasteiger partial charge in [-0.25, -0.2) is 0 Å². The van der Waals surface area contributed by atoms with Gasteiger partial charge < -0.3 is 10.1 Å². The molecular weight excluding hydrogens is 188 g/mol. The lowest BCUT2D eigenvalue weighted by Gasteiger charge is -2.25. The van der Waals surface area contributed by atoms with Crippen LogP contribution in [0, 0.1) is 0 Å². The molecule has 0 aromatic carbocycles. The second-order valence-corrected chi connectivity index (χ2v) is 3.50. The summed E-state index contributed by atoms with van der Waals surface area (Å²) in [6.45, 7) is 5.17. The van der Waals surface area contributed by atoms with Gasteiger partial charge in [-0.3, -0.25) is 4.98 Å². The lowest BCUT2D eigenvalue weighted by molar-refractivity contribution is 0.0655. The summed E-state index contributed by atoms with van der Waals surface area (Å²) in [6, 6.07) is 4.28. The third kappa shape index (κ3) is 3.29. The van der Waals surface area contributed by atoms with Crippen LogP contribution in [-0.2, 0) is 4.74 Å². The van der Waals surface area contributed by atoms with Crippen LogP contribution in [-0.4, -0.2) is 24.7 Å². The number of methoxy groups -OCH3 is 1. The standard InChI is InChI=1S/C12H20N2O/c1-4-11(15-3)12(14-5-2)10-7-6-8-13-9-10/h6-9,11-12,14H,4-5H2,1-3H3. The molecule has 1 aromatic heterocycles. The molecule has 0 radical (unpaired) electrons. The highest BCUT2D eigenvalue weighted by atomic mass is 16.5. The first-order chi connectivity index (χ1) is 7.33. The van der Waals surface area contributed by atoms with E-state index in [4.69, 9.17) is 4.74 Å². The molecule has 2 unspecified atom stereocenters. The van der Waals surface area contributed by atoms with E-state index in [0.717, 1.165) is 13.0 Å². The minimum absolute atomic E-state index is 0.203. The van der Waals surface area contributed by atoms with E-state index in [1.54, 1.807) is 13.3 Å². The molecule has 0 saturated carbocycles. The van der Waals surface area contributed by atoms with Gasteiger partial charge in [-0.05, 0) is 24.6 Å². The fraction of sp³-hybridized carbons (Fsp3) is 0.583. The molecule has 0 aliphatic carbocycles. The minimum Gasteiger partial charge on any atom is -0.379 e. The molecule has 0 saturated heterocycles. The van der Waals surface area contributed by atoms with Crippen molar-refractivity contribution in [3.8, 4) is 0 Å². The Morgan fingerprint density at radius 1 is 1.47 bits per heavy atom. The van der Waals surface area contributed by atoms with Crippen LogP contribution in [0.3, 0.4) is 0 Å². The Labute approximate surface area is 91.9 Å². The molecule has 1 heterocycles. The van der Waals surface area contributed by atoms with Gasteiger partial charge in [0.1, 0.15) is 0 Å². The Bertz CT molecular complexity index is 260. The highest BCUT2D eigenvalue weighted by molar-refractivity contribution is 5.15. The number of nitrogens with zero attached hydrogens (tertiary/aromatic N) is 1. The number of hydrogen-bond acceptors (Lipinski definition) is 3. The molecule has 0 spiro atoms. The maximum absolute atomic E-state index is 5.48. The summed E-state index contributed by atoms with van der Waals surface area (Å²) in [7, 11) is 1.76. The molecule has 3 heteroatoms. The van der Waals surface area contributed by atoms with Crippen molar-refractivity contribution < 1.29 is 4.74 Å². The summed E-state index contributed by atoms with van der Waals surface area (Å²) >= 11 is 0. The molecule has 0 aliphatic heterocycles. The number of rotatable bonds is 6. The van der Waals surface area contributed by atoms with Gasteiger partial charge in [-0.2, -0.15) is 0 Å². The van der Waals surface area contributed by atoms with E-state index in [1.165, 1.54) is 5.56 Å². The summed E-state index contributed by atoms with van der Waals surface area (Å²) in [5.74, 6) is 0. The largest absolute Gasteiger partial charge is 0.379 e. The topological polar surface area (TPSA) is 34.2 Å². The van der Waals surface area contributed by atoms with Gasteiger partial charge in [-0.15, -0.1) is 0 Å². The van der Waals surface area contributed by atoms with Crippen molar-refractivity contribution in [3.63, 3.8) is 0 Å². The van der Waals surface area contributed by atoms with Crippen LogP contribution in [0.2, 0.25) is 0 Å². The van der Waals surface area contributed by atoms with E-state index in [0.29, 0.717) is 0 Å². The lowest BCUT2D eigenvalue weighted by Crippen LogP contribution is -2.32. The van der Waals surface area contributed by atoms with Crippen LogP contribution >= 0.6 is 0 Å². The summed E-state index contributed by atoms with van der Waals surface area (Å²) in [5.41, 5.74) is 1.19. The summed E-state index contributed by atoms with van der Waals surface area (Å²) < 4.78 is 5.48. The van der Waals surface area contributed by atoms with Crippen molar-refractivity contribution in [1.29, 1.82) is 0 Å². The predicted octanol–water partition coefficient (Wildman–Crippen LogP) is 2.16. The van der Waals surface area contributed by atoms with Crippen molar-refractivity contribution in [1.82, 2.24) is 10.3 Å². The molecule has 2 atom stereocenters. The van der Waals surface area contributed by atoms with Crippen LogP contribution in [0.15, 0.2) is 24.5 Å². The van der Waals surface area contributed by atoms with Crippen molar-refractivity contribution >= 4 is 0 Å². The predicted molar refractivity (Wildman–Crippen MR) is 61.7 cm³/mol. The first-order valence-corrected chi connectivity index (χ1v) is 5.49. The summed E-state index contributed by atoms with van der Waals surface area (Å²) in [4.78, 5) is 4.14. The number of pyridine rings is 1. The number of ether oxygens (including phenoxy) is 1. The first kappa shape index (κ1) is 12.1. The second kappa shape index (κ2) is 6.53. The van der Waals surface area contributed by atoms with E-state index in [2.05, 4.69) is 30.2 Å². The second-order valence-electron chi connectivity index (χ2n) is 3.50. The third-order valence-electron chi connectivity index (χ3n) is 2.54. The van der Waals surface area contributed by atoms with Crippen molar-refractivity contribution in [2.75, 3.05) is 13.7 Å². The molecule has 0 aliphatic rings. The van der Waals surface area contributed by atoms with Crippen LogP contribution in [0.5, 0.6) is 0 Å². The zero-order valence-electron chi connectivity index (χ0n) is 9.73. The van der Waals surface area contributed by atoms with Gasteiger partial charge in [0.2, 0.25) is 0 Å². The zero-order chi connectivity index (χ0) is 11.1. The number of likely N-dealkylation sites (N-methyl/N-ethyl adjacent to an activating group) is 1.